The van der Waals surface area contributed by atoms with E-state index in [-0.39, 0.29) is 52.8 Å². The molecule has 6 amide bonds. The van der Waals surface area contributed by atoms with Crippen LogP contribution < -0.4 is 16.0 Å². The summed E-state index contributed by atoms with van der Waals surface area (Å²) in [5, 5.41) is 47.0. The van der Waals surface area contributed by atoms with E-state index in [1.807, 2.05) is 240 Å². The fourth-order valence-electron chi connectivity index (χ4n) is 16.4. The van der Waals surface area contributed by atoms with E-state index in [0.717, 1.165) is 83.9 Å². The molecule has 0 saturated carbocycles. The highest BCUT2D eigenvalue weighted by Crippen LogP contribution is 2.51. The van der Waals surface area contributed by atoms with Gasteiger partial charge in [0.25, 0.3) is 0 Å². The first-order valence-electron chi connectivity index (χ1n) is 38.8. The number of urea groups is 3. The first-order valence-corrected chi connectivity index (χ1v) is 39.9. The van der Waals surface area contributed by atoms with Crippen molar-refractivity contribution in [2.24, 2.45) is 21.1 Å². The van der Waals surface area contributed by atoms with Crippen molar-refractivity contribution in [3.05, 3.63) is 246 Å². The van der Waals surface area contributed by atoms with Gasteiger partial charge in [-0.05, 0) is 223 Å². The summed E-state index contributed by atoms with van der Waals surface area (Å²) in [6.45, 7) is 31.1. The number of carbonyl (C=O) groups excluding carboxylic acids is 3. The number of carbonyl (C=O) groups is 3. The average molecular weight is 1610 g/mol. The molecule has 27 heteroatoms. The maximum atomic E-state index is 12.8. The molecule has 114 heavy (non-hydrogen) atoms. The molecule has 24 nitrogen and oxygen atoms in total. The number of aliphatic hydroxyl groups is 3. The minimum Gasteiger partial charge on any atom is -0.379 e. The summed E-state index contributed by atoms with van der Waals surface area (Å²) >= 11 is 19.6. The number of nitrogens with one attached hydrogen (secondary N) is 3. The highest BCUT2D eigenvalue weighted by molar-refractivity contribution is 6.31. The quantitative estimate of drug-likeness (QED) is 0.0785. The first kappa shape index (κ1) is 82.4. The van der Waals surface area contributed by atoms with E-state index in [0.29, 0.717) is 111 Å². The van der Waals surface area contributed by atoms with Crippen LogP contribution in [0, 0.1) is 0 Å². The summed E-state index contributed by atoms with van der Waals surface area (Å²) in [4.78, 5) is 78.4. The second-order valence-electron chi connectivity index (χ2n) is 34.0. The van der Waals surface area contributed by atoms with Crippen molar-refractivity contribution in [3.63, 3.8) is 0 Å². The zero-order valence-corrected chi connectivity index (χ0v) is 70.0. The fraction of sp³-hybridized carbons (Fsp3) is 0.414. The Labute approximate surface area is 683 Å². The van der Waals surface area contributed by atoms with E-state index in [2.05, 4.69) is 45.6 Å². The van der Waals surface area contributed by atoms with Crippen LogP contribution >= 0.6 is 34.8 Å². The van der Waals surface area contributed by atoms with Crippen LogP contribution in [0.2, 0.25) is 15.1 Å². The van der Waals surface area contributed by atoms with Crippen molar-refractivity contribution in [3.8, 4) is 0 Å². The lowest BCUT2D eigenvalue weighted by atomic mass is 9.84. The van der Waals surface area contributed by atoms with E-state index in [9.17, 15) is 29.7 Å². The summed E-state index contributed by atoms with van der Waals surface area (Å²) in [5.74, 6) is 0. The molecule has 9 aromatic rings. The number of aromatic nitrogens is 9. The molecule has 6 N–H and O–H groups in total. The largest absolute Gasteiger partial charge is 0.379 e. The van der Waals surface area contributed by atoms with Crippen molar-refractivity contribution >= 4 is 87.8 Å². The average Bonchev–Trinajstić information content (AvgIpc) is 1.59. The van der Waals surface area contributed by atoms with Gasteiger partial charge in [0.05, 0.1) is 89.9 Å². The highest BCUT2D eigenvalue weighted by atomic mass is 35.5. The van der Waals surface area contributed by atoms with E-state index in [1.54, 1.807) is 58.3 Å². The lowest BCUT2D eigenvalue weighted by Gasteiger charge is -2.40. The molecule has 6 atom stereocenters. The predicted octanol–water partition coefficient (Wildman–Crippen LogP) is 13.3. The third-order valence-electron chi connectivity index (χ3n) is 22.0. The molecule has 3 aliphatic carbocycles. The number of nitrogens with zero attached hydrogens (tertiary/aromatic N) is 15. The number of amides is 6. The van der Waals surface area contributed by atoms with Crippen LogP contribution in [0.25, 0.3) is 34.9 Å². The Morgan fingerprint density at radius 1 is 0.377 bits per heavy atom. The van der Waals surface area contributed by atoms with Crippen molar-refractivity contribution in [1.82, 2.24) is 89.0 Å². The van der Waals surface area contributed by atoms with Gasteiger partial charge < -0.3 is 59.7 Å². The molecule has 0 bridgehead atoms. The monoisotopic (exact) mass is 1600 g/mol. The van der Waals surface area contributed by atoms with Crippen LogP contribution in [-0.4, -0.2) is 202 Å². The van der Waals surface area contributed by atoms with Gasteiger partial charge in [-0.2, -0.15) is 0 Å². The van der Waals surface area contributed by atoms with Gasteiger partial charge in [0.1, 0.15) is 16.8 Å². The number of pyridine rings is 3. The lowest BCUT2D eigenvalue weighted by Crippen LogP contribution is -2.55. The van der Waals surface area contributed by atoms with Crippen LogP contribution in [0.3, 0.4) is 0 Å². The zero-order valence-electron chi connectivity index (χ0n) is 67.7. The molecule has 3 aromatic carbocycles. The third kappa shape index (κ3) is 17.5. The number of benzene rings is 3. The summed E-state index contributed by atoms with van der Waals surface area (Å²) in [7, 11) is 5.63. The molecule has 3 aliphatic heterocycles. The molecule has 3 saturated heterocycles. The highest BCUT2D eigenvalue weighted by Gasteiger charge is 2.44. The van der Waals surface area contributed by atoms with Gasteiger partial charge in [-0.25, -0.2) is 29.3 Å². The third-order valence-corrected chi connectivity index (χ3v) is 22.7. The van der Waals surface area contributed by atoms with Gasteiger partial charge in [-0.15, -0.1) is 0 Å². The Bertz CT molecular complexity index is 4650. The molecule has 600 valence electrons. The smallest absolute Gasteiger partial charge is 0.317 e. The molecular weight excluding hydrogens is 1500 g/mol. The zero-order chi connectivity index (χ0) is 81.7. The molecule has 3 fully saturated rings. The number of hydrogen-bond acceptors (Lipinski definition) is 15. The number of hydrogen-bond donors (Lipinski definition) is 6. The van der Waals surface area contributed by atoms with Crippen molar-refractivity contribution < 1.29 is 29.7 Å². The van der Waals surface area contributed by atoms with Gasteiger partial charge in [0.2, 0.25) is 0 Å². The van der Waals surface area contributed by atoms with Crippen LogP contribution in [0.15, 0.2) is 147 Å². The van der Waals surface area contributed by atoms with Gasteiger partial charge in [0, 0.05) is 150 Å². The molecule has 9 heterocycles. The second kappa shape index (κ2) is 32.6. The summed E-state index contributed by atoms with van der Waals surface area (Å²) < 4.78 is 5.50. The summed E-state index contributed by atoms with van der Waals surface area (Å²) in [6.07, 6.45) is 21.7. The van der Waals surface area contributed by atoms with E-state index < -0.39 is 16.8 Å². The number of imidazole rings is 3. The molecule has 6 aromatic heterocycles. The number of halogens is 3. The summed E-state index contributed by atoms with van der Waals surface area (Å²) in [5.41, 5.74) is 10.6. The maximum Gasteiger partial charge on any atom is 0.317 e. The standard InChI is InChI=1S/3C29H35ClN6O2/c3*1-28(2,3)33-27(37)36-13-11-35(12-14-36)26-21-9-8-20(30)16-22(21)23(15-19-7-6-10-32-25(19)26)29(4,38)24-17-31-18-34(24)5/h3*6-10,15-18,26,38H,11-14H2,1-5H3,(H,33,37)/t26-,29?;26-,29+;26-,29-/m000/s1. The molecule has 1 unspecified atom stereocenters. The molecule has 6 aliphatic rings. The Hall–Kier alpha value is -9.60. The predicted molar refractivity (Wildman–Crippen MR) is 449 cm³/mol. The minimum absolute atomic E-state index is 0.0418. The molecular formula is C87H105Cl3N18O6. The number of rotatable bonds is 9. The molecule has 0 spiro atoms. The molecule has 15 rings (SSSR count). The minimum atomic E-state index is -1.34. The lowest BCUT2D eigenvalue weighted by molar-refractivity contribution is 0.112. The second-order valence-corrected chi connectivity index (χ2v) is 35.3. The Kier molecular flexibility index (Phi) is 23.6. The fourth-order valence-corrected chi connectivity index (χ4v) is 17.0. The Morgan fingerprint density at radius 3 is 0.842 bits per heavy atom. The van der Waals surface area contributed by atoms with Gasteiger partial charge in [0.15, 0.2) is 0 Å². The van der Waals surface area contributed by atoms with Crippen LogP contribution in [0.4, 0.5) is 14.4 Å². The maximum absolute atomic E-state index is 12.8. The normalized spacial score (nSPS) is 19.6. The van der Waals surface area contributed by atoms with Crippen LogP contribution in [0.5, 0.6) is 0 Å². The number of fused-ring (bicyclic) bond motifs is 6. The van der Waals surface area contributed by atoms with E-state index in [1.165, 1.54) is 0 Å². The SMILES string of the molecule is Cn1cncc1C(C)(O)C1=Cc2cccnc2[C@@H](N2CCN(C(=O)NC(C)(C)C)CC2)c2ccc(Cl)cc21.Cn1cncc1[C@@](C)(O)C1=Cc2cccnc2[C@@H](N2CCN(C(=O)NC(C)(C)C)CC2)c2ccc(Cl)cc21.Cn1cncc1[C@](C)(O)C1=Cc2cccnc2[C@@H](N2CCN(C(=O)NC(C)(C)C)CC2)c2ccc(Cl)cc21. The Morgan fingerprint density at radius 2 is 0.623 bits per heavy atom. The van der Waals surface area contributed by atoms with Crippen LogP contribution in [0.1, 0.15) is 185 Å². The van der Waals surface area contributed by atoms with Crippen molar-refractivity contribution in [2.75, 3.05) is 78.5 Å². The summed E-state index contributed by atoms with van der Waals surface area (Å²) in [6, 6.07) is 28.8. The topological polar surface area (TPSA) is 260 Å². The Balaban J connectivity index is 0.000000149. The van der Waals surface area contributed by atoms with Crippen molar-refractivity contribution in [1.29, 1.82) is 0 Å². The number of aryl methyl sites for hydroxylation is 3. The van der Waals surface area contributed by atoms with Gasteiger partial charge >= 0.3 is 18.1 Å². The van der Waals surface area contributed by atoms with Crippen molar-refractivity contribution in [2.45, 2.75) is 135 Å². The van der Waals surface area contributed by atoms with Gasteiger partial charge in [-0.1, -0.05) is 71.2 Å². The van der Waals surface area contributed by atoms with Gasteiger partial charge in [-0.3, -0.25) is 29.7 Å². The van der Waals surface area contributed by atoms with Crippen LogP contribution in [-0.2, 0) is 37.9 Å². The van der Waals surface area contributed by atoms with E-state index >= 15 is 0 Å². The molecule has 0 radical (unpaired) electrons. The van der Waals surface area contributed by atoms with E-state index in [4.69, 9.17) is 49.8 Å². The number of piperazine rings is 3. The first-order chi connectivity index (χ1) is 53.9.